The summed E-state index contributed by atoms with van der Waals surface area (Å²) in [5, 5.41) is 53.7. The van der Waals surface area contributed by atoms with Crippen LogP contribution in [0.4, 0.5) is 0 Å². The van der Waals surface area contributed by atoms with Gasteiger partial charge in [0, 0.05) is 6.42 Å². The second-order valence-corrected chi connectivity index (χ2v) is 13.0. The van der Waals surface area contributed by atoms with Gasteiger partial charge in [-0.2, -0.15) is 0 Å². The molecule has 1 amide bonds. The molecule has 274 valence electrons. The molecule has 0 radical (unpaired) electrons. The first-order valence-electron chi connectivity index (χ1n) is 18.7. The van der Waals surface area contributed by atoms with Crippen molar-refractivity contribution < 1.29 is 39.8 Å². The highest BCUT2D eigenvalue weighted by atomic mass is 16.7. The Morgan fingerprint density at radius 3 is 1.85 bits per heavy atom. The number of aliphatic hydroxyl groups is 5. The number of hydrogen-bond donors (Lipinski definition) is 6. The van der Waals surface area contributed by atoms with Crippen molar-refractivity contribution in [1.29, 1.82) is 0 Å². The molecule has 1 aliphatic rings. The quantitative estimate of drug-likeness (QED) is 0.0411. The minimum absolute atomic E-state index is 0.195. The smallest absolute Gasteiger partial charge is 0.220 e. The molecule has 0 bridgehead atoms. The van der Waals surface area contributed by atoms with Crippen molar-refractivity contribution in [2.24, 2.45) is 0 Å². The predicted molar refractivity (Wildman–Crippen MR) is 189 cm³/mol. The standard InChI is InChI=1S/C38H69NO8/c1-3-5-7-9-11-13-14-15-16-17-18-19-20-22-24-26-28-34(42)39-31(32(41)27-25-23-21-12-10-8-6-4-2)30-46-38-37(45)36(44)35(43)33(29-40)47-38/h13-14,16-17,25,27,31-33,35-38,40-41,43-45H,3-12,15,18-24,26,28-30H2,1-2H3,(H,39,42)/b14-13-,17-16-,27-25+. The van der Waals surface area contributed by atoms with Gasteiger partial charge in [-0.3, -0.25) is 4.79 Å². The van der Waals surface area contributed by atoms with Gasteiger partial charge in [0.1, 0.15) is 24.4 Å². The molecule has 0 aromatic carbocycles. The zero-order valence-electron chi connectivity index (χ0n) is 29.5. The molecule has 9 nitrogen and oxygen atoms in total. The summed E-state index contributed by atoms with van der Waals surface area (Å²) in [4.78, 5) is 12.8. The number of unbranched alkanes of at least 4 members (excludes halogenated alkanes) is 15. The average Bonchev–Trinajstić information content (AvgIpc) is 3.07. The molecule has 1 saturated heterocycles. The Morgan fingerprint density at radius 1 is 0.723 bits per heavy atom. The molecule has 1 rings (SSSR count). The Hall–Kier alpha value is -1.59. The van der Waals surface area contributed by atoms with Crippen LogP contribution in [0.1, 0.15) is 142 Å². The molecule has 9 heteroatoms. The molecule has 0 spiro atoms. The average molecular weight is 668 g/mol. The molecule has 1 heterocycles. The molecule has 7 unspecified atom stereocenters. The molecule has 0 aromatic heterocycles. The van der Waals surface area contributed by atoms with Crippen LogP contribution in [0.3, 0.4) is 0 Å². The van der Waals surface area contributed by atoms with Crippen LogP contribution in [0, 0.1) is 0 Å². The van der Waals surface area contributed by atoms with E-state index in [1.165, 1.54) is 57.8 Å². The van der Waals surface area contributed by atoms with Gasteiger partial charge in [0.15, 0.2) is 6.29 Å². The number of allylic oxidation sites excluding steroid dienone is 5. The van der Waals surface area contributed by atoms with Crippen LogP contribution >= 0.6 is 0 Å². The molecule has 0 saturated carbocycles. The molecule has 6 N–H and O–H groups in total. The number of carbonyl (C=O) groups excluding carboxylic acids is 1. The zero-order valence-corrected chi connectivity index (χ0v) is 29.5. The first kappa shape index (κ1) is 43.4. The maximum atomic E-state index is 12.8. The van der Waals surface area contributed by atoms with Gasteiger partial charge in [-0.1, -0.05) is 121 Å². The minimum atomic E-state index is -1.57. The van der Waals surface area contributed by atoms with Crippen LogP contribution in [0.25, 0.3) is 0 Å². The molecule has 1 fully saturated rings. The minimum Gasteiger partial charge on any atom is -0.394 e. The second kappa shape index (κ2) is 29.3. The highest BCUT2D eigenvalue weighted by Crippen LogP contribution is 2.22. The summed E-state index contributed by atoms with van der Waals surface area (Å²) < 4.78 is 11.1. The Bertz CT molecular complexity index is 833. The van der Waals surface area contributed by atoms with Crippen molar-refractivity contribution >= 4 is 5.91 Å². The Morgan fingerprint density at radius 2 is 1.26 bits per heavy atom. The van der Waals surface area contributed by atoms with E-state index in [4.69, 9.17) is 9.47 Å². The fourth-order valence-corrected chi connectivity index (χ4v) is 5.59. The van der Waals surface area contributed by atoms with Crippen molar-refractivity contribution in [3.05, 3.63) is 36.5 Å². The maximum absolute atomic E-state index is 12.8. The summed E-state index contributed by atoms with van der Waals surface area (Å²) in [6, 6.07) is -0.807. The monoisotopic (exact) mass is 668 g/mol. The van der Waals surface area contributed by atoms with E-state index in [-0.39, 0.29) is 12.5 Å². The van der Waals surface area contributed by atoms with E-state index in [0.29, 0.717) is 6.42 Å². The number of carbonyl (C=O) groups is 1. The Labute approximate surface area is 285 Å². The van der Waals surface area contributed by atoms with Crippen LogP contribution < -0.4 is 5.32 Å². The van der Waals surface area contributed by atoms with E-state index in [1.807, 2.05) is 6.08 Å². The van der Waals surface area contributed by atoms with E-state index < -0.39 is 49.5 Å². The van der Waals surface area contributed by atoms with Gasteiger partial charge in [-0.15, -0.1) is 0 Å². The maximum Gasteiger partial charge on any atom is 0.220 e. The zero-order chi connectivity index (χ0) is 34.5. The van der Waals surface area contributed by atoms with Crippen molar-refractivity contribution in [3.63, 3.8) is 0 Å². The van der Waals surface area contributed by atoms with E-state index in [2.05, 4.69) is 43.5 Å². The van der Waals surface area contributed by atoms with Gasteiger partial charge in [-0.25, -0.2) is 0 Å². The summed E-state index contributed by atoms with van der Waals surface area (Å²) in [7, 11) is 0. The van der Waals surface area contributed by atoms with Crippen LogP contribution in [0.2, 0.25) is 0 Å². The first-order chi connectivity index (χ1) is 22.8. The third kappa shape index (κ3) is 21.2. The van der Waals surface area contributed by atoms with E-state index in [1.54, 1.807) is 6.08 Å². The molecular weight excluding hydrogens is 598 g/mol. The van der Waals surface area contributed by atoms with E-state index >= 15 is 0 Å². The van der Waals surface area contributed by atoms with E-state index in [0.717, 1.165) is 64.2 Å². The van der Waals surface area contributed by atoms with E-state index in [9.17, 15) is 30.3 Å². The summed E-state index contributed by atoms with van der Waals surface area (Å²) in [6.45, 7) is 3.67. The van der Waals surface area contributed by atoms with Gasteiger partial charge in [-0.05, 0) is 51.4 Å². The predicted octanol–water partition coefficient (Wildman–Crippen LogP) is 6.16. The normalized spacial score (nSPS) is 23.3. The molecule has 7 atom stereocenters. The first-order valence-corrected chi connectivity index (χ1v) is 18.7. The Kier molecular flexibility index (Phi) is 27.1. The SMILES string of the molecule is CCCCCC/C=C\C/C=C\CCCCCCCC(=O)NC(COC1OC(CO)C(O)C(O)C1O)C(O)/C=C/CCCCCCCC. The molecule has 47 heavy (non-hydrogen) atoms. The van der Waals surface area contributed by atoms with Gasteiger partial charge in [0.25, 0.3) is 0 Å². The molecule has 0 aromatic rings. The van der Waals surface area contributed by atoms with Gasteiger partial charge in [0.2, 0.25) is 5.91 Å². The summed E-state index contributed by atoms with van der Waals surface area (Å²) in [6.07, 6.45) is 26.2. The number of amides is 1. The lowest BCUT2D eigenvalue weighted by molar-refractivity contribution is -0.302. The van der Waals surface area contributed by atoms with Crippen LogP contribution in [-0.4, -0.2) is 87.5 Å². The third-order valence-electron chi connectivity index (χ3n) is 8.71. The van der Waals surface area contributed by atoms with Crippen LogP contribution in [0.5, 0.6) is 0 Å². The number of aliphatic hydroxyl groups excluding tert-OH is 5. The number of ether oxygens (including phenoxy) is 2. The Balaban J connectivity index is 2.43. The lowest BCUT2D eigenvalue weighted by atomic mass is 9.99. The van der Waals surface area contributed by atoms with Crippen molar-refractivity contribution in [1.82, 2.24) is 5.32 Å². The highest BCUT2D eigenvalue weighted by molar-refractivity contribution is 5.76. The lowest BCUT2D eigenvalue weighted by Gasteiger charge is -2.40. The third-order valence-corrected chi connectivity index (χ3v) is 8.71. The number of hydrogen-bond acceptors (Lipinski definition) is 8. The summed E-state index contributed by atoms with van der Waals surface area (Å²) in [5.74, 6) is -0.197. The highest BCUT2D eigenvalue weighted by Gasteiger charge is 2.44. The fraction of sp³-hybridized carbons (Fsp3) is 0.816. The van der Waals surface area contributed by atoms with Gasteiger partial charge in [0.05, 0.1) is 25.4 Å². The van der Waals surface area contributed by atoms with Crippen molar-refractivity contribution in [3.8, 4) is 0 Å². The van der Waals surface area contributed by atoms with Crippen molar-refractivity contribution in [2.75, 3.05) is 13.2 Å². The molecule has 1 aliphatic heterocycles. The van der Waals surface area contributed by atoms with Crippen molar-refractivity contribution in [2.45, 2.75) is 185 Å². The van der Waals surface area contributed by atoms with Crippen LogP contribution in [-0.2, 0) is 14.3 Å². The lowest BCUT2D eigenvalue weighted by Crippen LogP contribution is -2.60. The largest absolute Gasteiger partial charge is 0.394 e. The fourth-order valence-electron chi connectivity index (χ4n) is 5.59. The molecular formula is C38H69NO8. The molecule has 0 aliphatic carbocycles. The summed E-state index contributed by atoms with van der Waals surface area (Å²) in [5.41, 5.74) is 0. The van der Waals surface area contributed by atoms with Gasteiger partial charge >= 0.3 is 0 Å². The second-order valence-electron chi connectivity index (χ2n) is 13.0. The number of rotatable bonds is 29. The van der Waals surface area contributed by atoms with Crippen LogP contribution in [0.15, 0.2) is 36.5 Å². The summed E-state index contributed by atoms with van der Waals surface area (Å²) >= 11 is 0. The topological polar surface area (TPSA) is 149 Å². The van der Waals surface area contributed by atoms with Gasteiger partial charge < -0.3 is 40.3 Å². The number of nitrogens with one attached hydrogen (secondary N) is 1.